The summed E-state index contributed by atoms with van der Waals surface area (Å²) < 4.78 is 2.28. The van der Waals surface area contributed by atoms with Gasteiger partial charge < -0.3 is 4.57 Å². The number of benzene rings is 1. The summed E-state index contributed by atoms with van der Waals surface area (Å²) in [5.74, 6) is 1.14. The minimum absolute atomic E-state index is 0.521. The first-order valence-corrected chi connectivity index (χ1v) is 8.51. The van der Waals surface area contributed by atoms with Gasteiger partial charge in [0.15, 0.2) is 0 Å². The number of nitrogens with zero attached hydrogens (tertiary/aromatic N) is 5. The molecular formula is C19H25N5. The third-order valence-corrected chi connectivity index (χ3v) is 4.69. The van der Waals surface area contributed by atoms with E-state index in [-0.39, 0.29) is 0 Å². The van der Waals surface area contributed by atoms with Gasteiger partial charge in [-0.25, -0.2) is 4.98 Å². The molecule has 0 amide bonds. The number of fused-ring (bicyclic) bond motifs is 1. The van der Waals surface area contributed by atoms with Crippen LogP contribution in [0.5, 0.6) is 0 Å². The molecule has 3 rings (SSSR count). The normalized spacial score (nSPS) is 14.8. The van der Waals surface area contributed by atoms with E-state index in [4.69, 9.17) is 10.2 Å². The largest absolute Gasteiger partial charge is 0.332 e. The fourth-order valence-corrected chi connectivity index (χ4v) is 3.01. The number of nitriles is 1. The zero-order chi connectivity index (χ0) is 17.1. The quantitative estimate of drug-likeness (QED) is 0.848. The third-order valence-electron chi connectivity index (χ3n) is 4.69. The van der Waals surface area contributed by atoms with Crippen LogP contribution in [-0.2, 0) is 26.2 Å². The summed E-state index contributed by atoms with van der Waals surface area (Å²) in [5, 5.41) is 9.03. The molecule has 0 spiro atoms. The Kier molecular flexibility index (Phi) is 4.98. The van der Waals surface area contributed by atoms with Crippen molar-refractivity contribution in [2.24, 2.45) is 0 Å². The van der Waals surface area contributed by atoms with Gasteiger partial charge in [0, 0.05) is 38.4 Å². The summed E-state index contributed by atoms with van der Waals surface area (Å²) >= 11 is 0. The van der Waals surface area contributed by atoms with Crippen LogP contribution < -0.4 is 0 Å². The summed E-state index contributed by atoms with van der Waals surface area (Å²) in [4.78, 5) is 9.53. The summed E-state index contributed by atoms with van der Waals surface area (Å²) in [6.45, 7) is 9.01. The molecule has 0 bridgehead atoms. The second kappa shape index (κ2) is 7.16. The highest BCUT2D eigenvalue weighted by Crippen LogP contribution is 2.17. The Morgan fingerprint density at radius 1 is 1.33 bits per heavy atom. The fourth-order valence-electron chi connectivity index (χ4n) is 3.01. The number of hydrogen-bond acceptors (Lipinski definition) is 4. The van der Waals surface area contributed by atoms with E-state index in [1.165, 1.54) is 5.56 Å². The number of hydrogen-bond donors (Lipinski definition) is 0. The van der Waals surface area contributed by atoms with Crippen molar-refractivity contribution in [3.63, 3.8) is 0 Å². The maximum absolute atomic E-state index is 9.03. The van der Waals surface area contributed by atoms with Crippen molar-refractivity contribution in [1.82, 2.24) is 19.4 Å². The van der Waals surface area contributed by atoms with Crippen LogP contribution in [0, 0.1) is 11.3 Å². The zero-order valence-corrected chi connectivity index (χ0v) is 14.7. The molecule has 1 aromatic heterocycles. The molecule has 24 heavy (non-hydrogen) atoms. The molecule has 0 saturated heterocycles. The molecule has 2 aromatic rings. The zero-order valence-electron chi connectivity index (χ0n) is 14.7. The van der Waals surface area contributed by atoms with E-state index in [1.54, 1.807) is 0 Å². The molecule has 0 fully saturated rings. The second-order valence-corrected chi connectivity index (χ2v) is 6.87. The van der Waals surface area contributed by atoms with Gasteiger partial charge in [0.2, 0.25) is 0 Å². The number of rotatable bonds is 5. The van der Waals surface area contributed by atoms with Gasteiger partial charge in [-0.05, 0) is 38.6 Å². The summed E-state index contributed by atoms with van der Waals surface area (Å²) in [6.07, 6.45) is 2.20. The van der Waals surface area contributed by atoms with Crippen molar-refractivity contribution in [2.75, 3.05) is 13.6 Å². The van der Waals surface area contributed by atoms with Crippen molar-refractivity contribution < 1.29 is 0 Å². The molecule has 5 heteroatoms. The van der Waals surface area contributed by atoms with E-state index in [0.29, 0.717) is 6.04 Å². The van der Waals surface area contributed by atoms with Crippen LogP contribution in [0.4, 0.5) is 0 Å². The number of aromatic nitrogens is 2. The smallest absolute Gasteiger partial charge is 0.123 e. The average Bonchev–Trinajstić information content (AvgIpc) is 2.96. The van der Waals surface area contributed by atoms with Crippen LogP contribution in [-0.4, -0.2) is 39.0 Å². The summed E-state index contributed by atoms with van der Waals surface area (Å²) in [7, 11) is 2.14. The van der Waals surface area contributed by atoms with Gasteiger partial charge in [-0.2, -0.15) is 5.26 Å². The van der Waals surface area contributed by atoms with Crippen LogP contribution in [0.2, 0.25) is 0 Å². The molecule has 0 aliphatic carbocycles. The molecule has 0 radical (unpaired) electrons. The van der Waals surface area contributed by atoms with Crippen LogP contribution >= 0.6 is 0 Å². The minimum Gasteiger partial charge on any atom is -0.332 e. The first kappa shape index (κ1) is 16.7. The summed E-state index contributed by atoms with van der Waals surface area (Å²) in [6, 6.07) is 10.6. The molecule has 126 valence electrons. The third kappa shape index (κ3) is 3.84. The standard InChI is InChI=1S/C19H25N5/c1-15(2)22(3)12-18-13-24-8-7-23(14-19(24)21-18)11-17-6-4-5-16(9-17)10-20/h4-6,9,13,15H,7-8,11-12,14H2,1-3H3. The van der Waals surface area contributed by atoms with Gasteiger partial charge in [-0.3, -0.25) is 9.80 Å². The predicted octanol–water partition coefficient (Wildman–Crippen LogP) is 2.61. The molecule has 5 nitrogen and oxygen atoms in total. The SMILES string of the molecule is CC(C)N(C)Cc1cn2c(n1)CN(Cc1cccc(C#N)c1)CC2. The van der Waals surface area contributed by atoms with Crippen molar-refractivity contribution in [2.45, 2.75) is 46.1 Å². The molecule has 0 unspecified atom stereocenters. The molecule has 0 N–H and O–H groups in total. The lowest BCUT2D eigenvalue weighted by atomic mass is 10.1. The Morgan fingerprint density at radius 2 is 2.17 bits per heavy atom. The van der Waals surface area contributed by atoms with Crippen LogP contribution in [0.3, 0.4) is 0 Å². The second-order valence-electron chi connectivity index (χ2n) is 6.87. The van der Waals surface area contributed by atoms with Gasteiger partial charge in [-0.1, -0.05) is 12.1 Å². The topological polar surface area (TPSA) is 48.1 Å². The van der Waals surface area contributed by atoms with E-state index in [0.717, 1.165) is 49.8 Å². The minimum atomic E-state index is 0.521. The van der Waals surface area contributed by atoms with E-state index < -0.39 is 0 Å². The monoisotopic (exact) mass is 323 g/mol. The van der Waals surface area contributed by atoms with Gasteiger partial charge in [-0.15, -0.1) is 0 Å². The molecule has 1 aliphatic heterocycles. The highest BCUT2D eigenvalue weighted by atomic mass is 15.2. The van der Waals surface area contributed by atoms with Crippen LogP contribution in [0.25, 0.3) is 0 Å². The molecule has 1 aromatic carbocycles. The first-order valence-electron chi connectivity index (χ1n) is 8.51. The Balaban J connectivity index is 1.66. The maximum atomic E-state index is 9.03. The maximum Gasteiger partial charge on any atom is 0.123 e. The molecular weight excluding hydrogens is 298 g/mol. The van der Waals surface area contributed by atoms with Gasteiger partial charge in [0.1, 0.15) is 5.82 Å². The highest BCUT2D eigenvalue weighted by Gasteiger charge is 2.19. The average molecular weight is 323 g/mol. The molecule has 1 aliphatic rings. The van der Waals surface area contributed by atoms with E-state index in [1.807, 2.05) is 18.2 Å². The van der Waals surface area contributed by atoms with Crippen molar-refractivity contribution >= 4 is 0 Å². The van der Waals surface area contributed by atoms with E-state index in [2.05, 4.69) is 53.6 Å². The Morgan fingerprint density at radius 3 is 2.92 bits per heavy atom. The molecule has 0 saturated carbocycles. The van der Waals surface area contributed by atoms with Crippen molar-refractivity contribution in [3.05, 3.63) is 53.1 Å². The molecule has 2 heterocycles. The van der Waals surface area contributed by atoms with Crippen molar-refractivity contribution in [3.8, 4) is 6.07 Å². The van der Waals surface area contributed by atoms with Crippen molar-refractivity contribution in [1.29, 1.82) is 5.26 Å². The first-order chi connectivity index (χ1) is 11.5. The lowest BCUT2D eigenvalue weighted by Gasteiger charge is -2.27. The Bertz CT molecular complexity index is 740. The summed E-state index contributed by atoms with van der Waals surface area (Å²) in [5.41, 5.74) is 3.06. The highest BCUT2D eigenvalue weighted by molar-refractivity contribution is 5.32. The number of imidazole rings is 1. The Hall–Kier alpha value is -2.16. The lowest BCUT2D eigenvalue weighted by Crippen LogP contribution is -2.33. The van der Waals surface area contributed by atoms with Gasteiger partial charge in [0.25, 0.3) is 0 Å². The van der Waals surface area contributed by atoms with E-state index in [9.17, 15) is 0 Å². The van der Waals surface area contributed by atoms with E-state index >= 15 is 0 Å². The predicted molar refractivity (Wildman–Crippen MR) is 94.1 cm³/mol. The van der Waals surface area contributed by atoms with Gasteiger partial charge >= 0.3 is 0 Å². The molecule has 0 atom stereocenters. The fraction of sp³-hybridized carbons (Fsp3) is 0.474. The van der Waals surface area contributed by atoms with Crippen LogP contribution in [0.1, 0.15) is 36.5 Å². The van der Waals surface area contributed by atoms with Crippen LogP contribution in [0.15, 0.2) is 30.5 Å². The van der Waals surface area contributed by atoms with Gasteiger partial charge in [0.05, 0.1) is 23.9 Å². The lowest BCUT2D eigenvalue weighted by molar-refractivity contribution is 0.209. The Labute approximate surface area is 144 Å².